The largest absolute Gasteiger partial charge is 0.370 e. The van der Waals surface area contributed by atoms with E-state index in [1.54, 1.807) is 0 Å². The number of nitrogens with two attached hydrogens (primary N) is 1. The first-order valence-corrected chi connectivity index (χ1v) is 14.2. The van der Waals surface area contributed by atoms with E-state index in [4.69, 9.17) is 16.7 Å². The first kappa shape index (κ1) is 31.6. The van der Waals surface area contributed by atoms with Crippen molar-refractivity contribution in [1.29, 1.82) is 0 Å². The standard InChI is InChI=1S/C20H21ClN2.C11H22.C2H5NO/c1-13-5-7-17(8-6-13)12-23-20(15(3)16(4)22-23)18-9-10-19(21)14(2)11-18;1-8(2)10(4)11(5)7-6-9(11)3;1-2(3)4/h5-11H,12H2,1-4H3;8-10H,6-7H2,1-5H3;1H3,(H2,3,4)/t;9-,10?,11?;/m.0./s1. The van der Waals surface area contributed by atoms with Crippen molar-refractivity contribution in [3.05, 3.63) is 75.4 Å². The number of hydrogen-bond donors (Lipinski definition) is 1. The van der Waals surface area contributed by atoms with Crippen LogP contribution in [0.25, 0.3) is 11.3 Å². The maximum Gasteiger partial charge on any atom is 0.214 e. The Kier molecular flexibility index (Phi) is 11.2. The Hall–Kier alpha value is -2.59. The molecule has 2 aromatic carbocycles. The van der Waals surface area contributed by atoms with Crippen LogP contribution >= 0.6 is 11.6 Å². The molecule has 0 aliphatic heterocycles. The molecular formula is C33H48ClN3O. The molecule has 0 bridgehead atoms. The van der Waals surface area contributed by atoms with Gasteiger partial charge in [-0.05, 0) is 92.5 Å². The molecule has 1 fully saturated rings. The van der Waals surface area contributed by atoms with Gasteiger partial charge in [-0.3, -0.25) is 9.48 Å². The van der Waals surface area contributed by atoms with E-state index in [1.807, 2.05) is 13.0 Å². The van der Waals surface area contributed by atoms with Crippen molar-refractivity contribution >= 4 is 17.5 Å². The predicted octanol–water partition coefficient (Wildman–Crippen LogP) is 8.69. The second-order valence-electron chi connectivity index (χ2n) is 11.8. The summed E-state index contributed by atoms with van der Waals surface area (Å²) in [6.45, 7) is 22.4. The molecule has 1 aromatic heterocycles. The van der Waals surface area contributed by atoms with Crippen LogP contribution in [-0.4, -0.2) is 15.7 Å². The smallest absolute Gasteiger partial charge is 0.214 e. The molecule has 2 N–H and O–H groups in total. The summed E-state index contributed by atoms with van der Waals surface area (Å²) < 4.78 is 2.10. The Balaban J connectivity index is 0.000000281. The highest BCUT2D eigenvalue weighted by atomic mass is 35.5. The number of carbonyl (C=O) groups excluding carboxylic acids is 1. The lowest BCUT2D eigenvalue weighted by Crippen LogP contribution is -2.42. The van der Waals surface area contributed by atoms with Gasteiger partial charge in [0.1, 0.15) is 0 Å². The molecule has 0 saturated heterocycles. The molecule has 208 valence electrons. The second kappa shape index (κ2) is 13.5. The molecule has 0 radical (unpaired) electrons. The summed E-state index contributed by atoms with van der Waals surface area (Å²) in [6, 6.07) is 14.8. The van der Waals surface area contributed by atoms with Gasteiger partial charge in [-0.1, -0.05) is 82.1 Å². The quantitative estimate of drug-likeness (QED) is 0.353. The van der Waals surface area contributed by atoms with E-state index in [2.05, 4.69) is 102 Å². The lowest BCUT2D eigenvalue weighted by Gasteiger charge is -2.51. The highest BCUT2D eigenvalue weighted by Crippen LogP contribution is 2.53. The van der Waals surface area contributed by atoms with Gasteiger partial charge in [-0.2, -0.15) is 5.10 Å². The molecule has 1 amide bonds. The predicted molar refractivity (Wildman–Crippen MR) is 163 cm³/mol. The third-order valence-electron chi connectivity index (χ3n) is 8.59. The van der Waals surface area contributed by atoms with Gasteiger partial charge in [0.15, 0.2) is 0 Å². The fraction of sp³-hybridized carbons (Fsp3) is 0.515. The van der Waals surface area contributed by atoms with Gasteiger partial charge in [0.2, 0.25) is 5.91 Å². The number of primary amides is 1. The van der Waals surface area contributed by atoms with Crippen LogP contribution in [0, 0.1) is 50.9 Å². The maximum absolute atomic E-state index is 9.22. The summed E-state index contributed by atoms with van der Waals surface area (Å²) in [6.07, 6.45) is 2.90. The summed E-state index contributed by atoms with van der Waals surface area (Å²) >= 11 is 6.18. The number of benzene rings is 2. The van der Waals surface area contributed by atoms with E-state index in [1.165, 1.54) is 42.1 Å². The fourth-order valence-electron chi connectivity index (χ4n) is 5.14. The second-order valence-corrected chi connectivity index (χ2v) is 12.2. The third kappa shape index (κ3) is 7.96. The Morgan fingerprint density at radius 3 is 2.11 bits per heavy atom. The van der Waals surface area contributed by atoms with Crippen LogP contribution < -0.4 is 5.73 Å². The number of nitrogens with zero attached hydrogens (tertiary/aromatic N) is 2. The van der Waals surface area contributed by atoms with Crippen LogP contribution in [0.15, 0.2) is 42.5 Å². The molecule has 3 aromatic rings. The normalized spacial score (nSPS) is 19.0. The Morgan fingerprint density at radius 2 is 1.68 bits per heavy atom. The Bertz CT molecular complexity index is 1210. The minimum absolute atomic E-state index is 0.333. The van der Waals surface area contributed by atoms with E-state index in [0.29, 0.717) is 5.41 Å². The summed E-state index contributed by atoms with van der Waals surface area (Å²) in [4.78, 5) is 9.22. The van der Waals surface area contributed by atoms with Gasteiger partial charge in [-0.15, -0.1) is 0 Å². The van der Waals surface area contributed by atoms with Gasteiger partial charge < -0.3 is 5.73 Å². The van der Waals surface area contributed by atoms with Crippen molar-refractivity contribution in [3.8, 4) is 11.3 Å². The minimum Gasteiger partial charge on any atom is -0.370 e. The SMILES string of the molecule is CC(C)C(C)C1(C)CC[C@@H]1C.CC(N)=O.Cc1ccc(Cn2nc(C)c(C)c2-c2ccc(Cl)c(C)c2)cc1. The highest BCUT2D eigenvalue weighted by Gasteiger charge is 2.44. The van der Waals surface area contributed by atoms with E-state index < -0.39 is 0 Å². The van der Waals surface area contributed by atoms with Crippen LogP contribution in [-0.2, 0) is 11.3 Å². The summed E-state index contributed by atoms with van der Waals surface area (Å²) in [7, 11) is 0. The molecular weight excluding hydrogens is 490 g/mol. The number of aryl methyl sites for hydroxylation is 3. The van der Waals surface area contributed by atoms with Crippen LogP contribution in [0.5, 0.6) is 0 Å². The van der Waals surface area contributed by atoms with E-state index in [-0.39, 0.29) is 5.91 Å². The first-order valence-electron chi connectivity index (χ1n) is 13.8. The summed E-state index contributed by atoms with van der Waals surface area (Å²) in [5.41, 5.74) is 13.4. The van der Waals surface area contributed by atoms with E-state index in [9.17, 15) is 4.79 Å². The summed E-state index contributed by atoms with van der Waals surface area (Å²) in [5.74, 6) is 2.37. The zero-order chi connectivity index (χ0) is 28.8. The molecule has 1 heterocycles. The molecule has 5 heteroatoms. The number of aromatic nitrogens is 2. The molecule has 1 aliphatic rings. The first-order chi connectivity index (χ1) is 17.7. The highest BCUT2D eigenvalue weighted by molar-refractivity contribution is 6.31. The summed E-state index contributed by atoms with van der Waals surface area (Å²) in [5, 5.41) is 5.54. The zero-order valence-electron chi connectivity index (χ0n) is 25.2. The number of amides is 1. The molecule has 0 spiro atoms. The van der Waals surface area contributed by atoms with Crippen molar-refractivity contribution in [2.75, 3.05) is 0 Å². The molecule has 4 rings (SSSR count). The molecule has 1 aliphatic carbocycles. The fourth-order valence-corrected chi connectivity index (χ4v) is 5.25. The number of hydrogen-bond acceptors (Lipinski definition) is 2. The van der Waals surface area contributed by atoms with Crippen LogP contribution in [0.2, 0.25) is 5.02 Å². The van der Waals surface area contributed by atoms with Crippen molar-refractivity contribution in [2.45, 2.75) is 88.6 Å². The lowest BCUT2D eigenvalue weighted by molar-refractivity contribution is -0.115. The number of rotatable bonds is 5. The molecule has 1 saturated carbocycles. The Morgan fingerprint density at radius 1 is 1.11 bits per heavy atom. The van der Waals surface area contributed by atoms with E-state index >= 15 is 0 Å². The van der Waals surface area contributed by atoms with Crippen molar-refractivity contribution in [2.24, 2.45) is 28.9 Å². The average molecular weight is 538 g/mol. The van der Waals surface area contributed by atoms with Crippen molar-refractivity contribution in [3.63, 3.8) is 0 Å². The average Bonchev–Trinajstić information content (AvgIpc) is 3.13. The third-order valence-corrected chi connectivity index (χ3v) is 9.02. The van der Waals surface area contributed by atoms with Crippen LogP contribution in [0.1, 0.15) is 82.3 Å². The van der Waals surface area contributed by atoms with Crippen molar-refractivity contribution in [1.82, 2.24) is 9.78 Å². The number of carbonyl (C=O) groups is 1. The monoisotopic (exact) mass is 537 g/mol. The molecule has 2 unspecified atom stereocenters. The van der Waals surface area contributed by atoms with Gasteiger partial charge in [0.05, 0.1) is 17.9 Å². The van der Waals surface area contributed by atoms with Gasteiger partial charge in [-0.25, -0.2) is 0 Å². The zero-order valence-corrected chi connectivity index (χ0v) is 25.9. The van der Waals surface area contributed by atoms with Gasteiger partial charge >= 0.3 is 0 Å². The topological polar surface area (TPSA) is 60.9 Å². The van der Waals surface area contributed by atoms with Crippen LogP contribution in [0.4, 0.5) is 0 Å². The molecule has 3 atom stereocenters. The van der Waals surface area contributed by atoms with E-state index in [0.717, 1.165) is 46.1 Å². The lowest BCUT2D eigenvalue weighted by atomic mass is 9.54. The minimum atomic E-state index is -0.333. The number of halogens is 1. The van der Waals surface area contributed by atoms with Crippen LogP contribution in [0.3, 0.4) is 0 Å². The van der Waals surface area contributed by atoms with Gasteiger partial charge in [0, 0.05) is 17.5 Å². The molecule has 4 nitrogen and oxygen atoms in total. The maximum atomic E-state index is 9.22. The van der Waals surface area contributed by atoms with Gasteiger partial charge in [0.25, 0.3) is 0 Å². The molecule has 38 heavy (non-hydrogen) atoms. The Labute approximate surface area is 236 Å². The van der Waals surface area contributed by atoms with Crippen molar-refractivity contribution < 1.29 is 4.79 Å².